The number of nitrogens with one attached hydrogen (secondary N) is 1. The minimum atomic E-state index is -4.75. The van der Waals surface area contributed by atoms with Crippen LogP contribution in [0.15, 0.2) is 42.5 Å². The molecule has 1 unspecified atom stereocenters. The van der Waals surface area contributed by atoms with Crippen molar-refractivity contribution in [1.82, 2.24) is 9.80 Å². The van der Waals surface area contributed by atoms with Gasteiger partial charge >= 0.3 is 6.18 Å². The Morgan fingerprint density at radius 2 is 1.95 bits per heavy atom. The summed E-state index contributed by atoms with van der Waals surface area (Å²) in [4.78, 5) is 42.9. The van der Waals surface area contributed by atoms with Crippen molar-refractivity contribution in [2.75, 3.05) is 26.0 Å². The van der Waals surface area contributed by atoms with E-state index < -0.39 is 46.8 Å². The van der Waals surface area contributed by atoms with Crippen molar-refractivity contribution in [3.63, 3.8) is 0 Å². The number of nitriles is 1. The first-order valence-electron chi connectivity index (χ1n) is 12.5. The molecule has 2 aliphatic heterocycles. The van der Waals surface area contributed by atoms with Crippen molar-refractivity contribution >= 4 is 23.4 Å². The van der Waals surface area contributed by atoms with Crippen LogP contribution >= 0.6 is 0 Å². The zero-order chi connectivity index (χ0) is 28.7. The first-order valence-corrected chi connectivity index (χ1v) is 12.5. The third-order valence-electron chi connectivity index (χ3n) is 7.44. The van der Waals surface area contributed by atoms with E-state index in [2.05, 4.69) is 11.4 Å². The molecule has 0 aliphatic carbocycles. The zero-order valence-electron chi connectivity index (χ0n) is 22.0. The lowest BCUT2D eigenvalue weighted by Crippen LogP contribution is -2.52. The van der Waals surface area contributed by atoms with Crippen molar-refractivity contribution in [2.24, 2.45) is 5.92 Å². The normalized spacial score (nSPS) is 20.9. The van der Waals surface area contributed by atoms with Gasteiger partial charge in [-0.25, -0.2) is 0 Å². The van der Waals surface area contributed by atoms with Crippen LogP contribution in [0.1, 0.15) is 48.2 Å². The highest BCUT2D eigenvalue weighted by Crippen LogP contribution is 2.46. The highest BCUT2D eigenvalue weighted by Gasteiger charge is 2.56. The van der Waals surface area contributed by atoms with E-state index in [1.54, 1.807) is 24.3 Å². The lowest BCUT2D eigenvalue weighted by Gasteiger charge is -2.33. The first kappa shape index (κ1) is 28.0. The standard InChI is InChI=1S/C28H29F3N4O4/c1-16(2)11-22(34(3)24(36)17-9-10-23(39-4)20(12-17)28(29,30)31)25(37)35-15-27(13-18(35)14-32)19-7-5-6-8-21(19)33-26(27)38/h5-10,12,16,18,22H,11,13,15H2,1-4H3,(H,33,38)/t18?,22-,27-/m0/s1. The Hall–Kier alpha value is -4.07. The molecule has 8 nitrogen and oxygen atoms in total. The molecule has 0 aromatic heterocycles. The number of alkyl halides is 3. The molecule has 206 valence electrons. The Morgan fingerprint density at radius 1 is 1.26 bits per heavy atom. The lowest BCUT2D eigenvalue weighted by atomic mass is 9.80. The predicted octanol–water partition coefficient (Wildman–Crippen LogP) is 4.22. The summed E-state index contributed by atoms with van der Waals surface area (Å²) in [6.45, 7) is 3.65. The van der Waals surface area contributed by atoms with Crippen molar-refractivity contribution in [3.05, 3.63) is 59.2 Å². The van der Waals surface area contributed by atoms with Gasteiger partial charge < -0.3 is 19.9 Å². The molecule has 2 aromatic carbocycles. The molecule has 2 aromatic rings. The van der Waals surface area contributed by atoms with Gasteiger partial charge in [0.1, 0.15) is 17.8 Å². The average Bonchev–Trinajstić information content (AvgIpc) is 3.43. The van der Waals surface area contributed by atoms with Gasteiger partial charge in [0.25, 0.3) is 5.91 Å². The monoisotopic (exact) mass is 542 g/mol. The number of rotatable bonds is 6. The van der Waals surface area contributed by atoms with Gasteiger partial charge in [-0.1, -0.05) is 32.0 Å². The van der Waals surface area contributed by atoms with Crippen molar-refractivity contribution in [2.45, 2.75) is 50.4 Å². The predicted molar refractivity (Wildman–Crippen MR) is 136 cm³/mol. The summed E-state index contributed by atoms with van der Waals surface area (Å²) in [5, 5.41) is 12.8. The molecular weight excluding hydrogens is 513 g/mol. The second kappa shape index (κ2) is 10.2. The van der Waals surface area contributed by atoms with E-state index in [0.717, 1.165) is 18.1 Å². The minimum Gasteiger partial charge on any atom is -0.496 e. The molecule has 4 rings (SSSR count). The number of para-hydroxylation sites is 1. The molecule has 0 bridgehead atoms. The molecule has 3 atom stereocenters. The highest BCUT2D eigenvalue weighted by molar-refractivity contribution is 6.07. The topological polar surface area (TPSA) is 103 Å². The number of methoxy groups -OCH3 is 1. The van der Waals surface area contributed by atoms with Crippen LogP contribution in [0.4, 0.5) is 18.9 Å². The van der Waals surface area contributed by atoms with Crippen LogP contribution < -0.4 is 10.1 Å². The molecule has 1 N–H and O–H groups in total. The fourth-order valence-electron chi connectivity index (χ4n) is 5.46. The van der Waals surface area contributed by atoms with Gasteiger partial charge in [0.2, 0.25) is 11.8 Å². The van der Waals surface area contributed by atoms with E-state index >= 15 is 0 Å². The molecular formula is C28H29F3N4O4. The van der Waals surface area contributed by atoms with Gasteiger partial charge in [0.15, 0.2) is 0 Å². The smallest absolute Gasteiger partial charge is 0.419 e. The van der Waals surface area contributed by atoms with Crippen LogP contribution in [0.25, 0.3) is 0 Å². The quantitative estimate of drug-likeness (QED) is 0.589. The summed E-state index contributed by atoms with van der Waals surface area (Å²) in [5.74, 6) is -2.12. The molecule has 3 amide bonds. The maximum absolute atomic E-state index is 14.0. The Kier molecular flexibility index (Phi) is 7.34. The molecule has 1 spiro atoms. The third-order valence-corrected chi connectivity index (χ3v) is 7.44. The molecule has 0 radical (unpaired) electrons. The van der Waals surface area contributed by atoms with Crippen LogP contribution in [0.3, 0.4) is 0 Å². The van der Waals surface area contributed by atoms with Gasteiger partial charge in [-0.05, 0) is 42.2 Å². The second-order valence-electron chi connectivity index (χ2n) is 10.4. The number of likely N-dealkylation sites (tertiary alicyclic amines) is 1. The number of hydrogen-bond acceptors (Lipinski definition) is 5. The number of benzene rings is 2. The molecule has 1 saturated heterocycles. The summed E-state index contributed by atoms with van der Waals surface area (Å²) in [6, 6.07) is 10.2. The number of carbonyl (C=O) groups is 3. The SMILES string of the molecule is COc1ccc(C(=O)N(C)[C@@H](CC(C)C)C(=O)N2C[C@]3(CC2C#N)C(=O)Nc2ccccc23)cc1C(F)(F)F. The number of fused-ring (bicyclic) bond motifs is 2. The average molecular weight is 543 g/mol. The van der Waals surface area contributed by atoms with Crippen LogP contribution in [-0.2, 0) is 21.2 Å². The van der Waals surface area contributed by atoms with Gasteiger partial charge in [-0.15, -0.1) is 0 Å². The number of halogens is 3. The molecule has 2 aliphatic rings. The van der Waals surface area contributed by atoms with Gasteiger partial charge in [0.05, 0.1) is 24.2 Å². The maximum Gasteiger partial charge on any atom is 0.419 e. The van der Waals surface area contributed by atoms with E-state index in [0.29, 0.717) is 17.3 Å². The van der Waals surface area contributed by atoms with E-state index in [1.807, 2.05) is 13.8 Å². The number of hydrogen-bond donors (Lipinski definition) is 1. The van der Waals surface area contributed by atoms with Gasteiger partial charge in [-0.3, -0.25) is 14.4 Å². The first-order chi connectivity index (χ1) is 18.3. The second-order valence-corrected chi connectivity index (χ2v) is 10.4. The Morgan fingerprint density at radius 3 is 2.56 bits per heavy atom. The van der Waals surface area contributed by atoms with E-state index in [-0.39, 0.29) is 36.8 Å². The van der Waals surface area contributed by atoms with Crippen LogP contribution in [0.5, 0.6) is 5.75 Å². The molecule has 2 heterocycles. The number of amides is 3. The van der Waals surface area contributed by atoms with Gasteiger partial charge in [0, 0.05) is 31.3 Å². The number of nitrogens with zero attached hydrogens (tertiary/aromatic N) is 3. The molecule has 1 fully saturated rings. The van der Waals surface area contributed by atoms with Crippen molar-refractivity contribution in [3.8, 4) is 11.8 Å². The Labute approximate surface area is 224 Å². The Balaban J connectivity index is 1.67. The van der Waals surface area contributed by atoms with Crippen molar-refractivity contribution < 1.29 is 32.3 Å². The minimum absolute atomic E-state index is 0.0513. The number of anilines is 1. The van der Waals surface area contributed by atoms with E-state index in [4.69, 9.17) is 4.74 Å². The zero-order valence-corrected chi connectivity index (χ0v) is 22.0. The number of ether oxygens (including phenoxy) is 1. The summed E-state index contributed by atoms with van der Waals surface area (Å²) < 4.78 is 45.5. The number of carbonyl (C=O) groups excluding carboxylic acids is 3. The fourth-order valence-corrected chi connectivity index (χ4v) is 5.46. The van der Waals surface area contributed by atoms with Gasteiger partial charge in [-0.2, -0.15) is 18.4 Å². The van der Waals surface area contributed by atoms with Crippen molar-refractivity contribution in [1.29, 1.82) is 5.26 Å². The van der Waals surface area contributed by atoms with Crippen LogP contribution in [0.2, 0.25) is 0 Å². The van der Waals surface area contributed by atoms with Crippen LogP contribution in [0, 0.1) is 17.2 Å². The van der Waals surface area contributed by atoms with Crippen LogP contribution in [-0.4, -0.2) is 60.3 Å². The third kappa shape index (κ3) is 4.91. The Bertz CT molecular complexity index is 1350. The molecule has 11 heteroatoms. The number of likely N-dealkylation sites (N-methyl/N-ethyl adjacent to an activating group) is 1. The largest absolute Gasteiger partial charge is 0.496 e. The summed E-state index contributed by atoms with van der Waals surface area (Å²) in [6.07, 6.45) is -4.46. The summed E-state index contributed by atoms with van der Waals surface area (Å²) in [5.41, 5.74) is -1.14. The maximum atomic E-state index is 14.0. The molecule has 39 heavy (non-hydrogen) atoms. The van der Waals surface area contributed by atoms with E-state index in [1.165, 1.54) is 18.0 Å². The highest BCUT2D eigenvalue weighted by atomic mass is 19.4. The lowest BCUT2D eigenvalue weighted by molar-refractivity contribution is -0.139. The summed E-state index contributed by atoms with van der Waals surface area (Å²) >= 11 is 0. The van der Waals surface area contributed by atoms with E-state index in [9.17, 15) is 32.8 Å². The summed E-state index contributed by atoms with van der Waals surface area (Å²) in [7, 11) is 2.46. The molecule has 0 saturated carbocycles. The fraction of sp³-hybridized carbons (Fsp3) is 0.429.